The lowest BCUT2D eigenvalue weighted by Crippen LogP contribution is -2.24. The molecule has 0 heterocycles. The Bertz CT molecular complexity index is 178. The summed E-state index contributed by atoms with van der Waals surface area (Å²) in [5, 5.41) is 16.5. The molecule has 1 atom stereocenters. The zero-order valence-electron chi connectivity index (χ0n) is 7.23. The Labute approximate surface area is 75.1 Å². The maximum Gasteiger partial charge on any atom is 0.332 e. The number of rotatable bonds is 5. The first-order valence-electron chi connectivity index (χ1n) is 3.67. The molecule has 0 aliphatic heterocycles. The molecule has 0 saturated heterocycles. The van der Waals surface area contributed by atoms with E-state index >= 15 is 0 Å². The zero-order valence-corrected chi connectivity index (χ0v) is 7.23. The molecule has 0 aliphatic carbocycles. The topological polar surface area (TPSA) is 93.1 Å². The molecule has 0 bridgehead atoms. The molecule has 0 aromatic rings. The normalized spacial score (nSPS) is 11.9. The molecular weight excluding hydrogens is 180 g/mol. The van der Waals surface area contributed by atoms with Gasteiger partial charge in [-0.1, -0.05) is 0 Å². The maximum absolute atomic E-state index is 10.5. The first-order chi connectivity index (χ1) is 6.10. The van der Waals surface area contributed by atoms with E-state index in [2.05, 4.69) is 9.47 Å². The molecule has 0 aromatic heterocycles. The van der Waals surface area contributed by atoms with Gasteiger partial charge in [0.05, 0.1) is 0 Å². The van der Waals surface area contributed by atoms with Crippen LogP contribution >= 0.6 is 0 Å². The molecule has 6 heteroatoms. The number of hydrogen-bond donors (Lipinski definition) is 2. The van der Waals surface area contributed by atoms with Crippen molar-refractivity contribution in [3.8, 4) is 0 Å². The van der Waals surface area contributed by atoms with Gasteiger partial charge in [-0.25, -0.2) is 9.59 Å². The molecule has 0 fully saturated rings. The largest absolute Gasteiger partial charge is 0.460 e. The molecule has 0 aromatic carbocycles. The van der Waals surface area contributed by atoms with Crippen LogP contribution in [0.2, 0.25) is 0 Å². The van der Waals surface area contributed by atoms with Gasteiger partial charge >= 0.3 is 11.9 Å². The van der Waals surface area contributed by atoms with E-state index in [0.717, 1.165) is 0 Å². The van der Waals surface area contributed by atoms with Crippen LogP contribution in [0.5, 0.6) is 0 Å². The minimum absolute atomic E-state index is 0.134. The van der Waals surface area contributed by atoms with Crippen molar-refractivity contribution in [1.82, 2.24) is 0 Å². The smallest absolute Gasteiger partial charge is 0.332 e. The number of carbonyl (C=O) groups is 2. The van der Waals surface area contributed by atoms with Gasteiger partial charge in [0.1, 0.15) is 25.9 Å². The van der Waals surface area contributed by atoms with Crippen molar-refractivity contribution < 1.29 is 29.3 Å². The highest BCUT2D eigenvalue weighted by Crippen LogP contribution is 1.92. The minimum Gasteiger partial charge on any atom is -0.460 e. The monoisotopic (exact) mass is 192 g/mol. The van der Waals surface area contributed by atoms with E-state index in [4.69, 9.17) is 10.2 Å². The number of ether oxygens (including phenoxy) is 2. The van der Waals surface area contributed by atoms with Crippen molar-refractivity contribution in [3.63, 3.8) is 0 Å². The summed E-state index contributed by atoms with van der Waals surface area (Å²) in [6, 6.07) is 0. The third kappa shape index (κ3) is 6.06. The molecule has 2 N–H and O–H groups in total. The van der Waals surface area contributed by atoms with Gasteiger partial charge in [0.2, 0.25) is 0 Å². The summed E-state index contributed by atoms with van der Waals surface area (Å²) < 4.78 is 9.00. The minimum atomic E-state index is -0.785. The summed E-state index contributed by atoms with van der Waals surface area (Å²) in [5.74, 6) is -1.57. The molecule has 0 spiro atoms. The third-order valence-corrected chi connectivity index (χ3v) is 1.07. The lowest BCUT2D eigenvalue weighted by Gasteiger charge is -2.11. The fourth-order valence-electron chi connectivity index (χ4n) is 0.552. The number of aliphatic hydroxyl groups excluding tert-OH is 2. The van der Waals surface area contributed by atoms with E-state index in [1.807, 2.05) is 0 Å². The number of carbonyl (C=O) groups excluding carboxylic acids is 2. The van der Waals surface area contributed by atoms with E-state index in [1.54, 1.807) is 0 Å². The Morgan fingerprint density at radius 3 is 2.23 bits per heavy atom. The summed E-state index contributed by atoms with van der Waals surface area (Å²) in [6.45, 7) is -0.0533. The van der Waals surface area contributed by atoms with Crippen molar-refractivity contribution >= 4 is 11.9 Å². The predicted octanol–water partition coefficient (Wildman–Crippen LogP) is -1.55. The molecule has 13 heavy (non-hydrogen) atoms. The Hall–Kier alpha value is -1.14. The maximum atomic E-state index is 10.5. The van der Waals surface area contributed by atoms with Gasteiger partial charge in [-0.05, 0) is 6.92 Å². The summed E-state index contributed by atoms with van der Waals surface area (Å²) >= 11 is 0. The van der Waals surface area contributed by atoms with E-state index < -0.39 is 31.3 Å². The predicted molar refractivity (Wildman–Crippen MR) is 40.7 cm³/mol. The quantitative estimate of drug-likeness (QED) is 0.512. The highest BCUT2D eigenvalue weighted by Gasteiger charge is 2.10. The van der Waals surface area contributed by atoms with Crippen LogP contribution in [0.3, 0.4) is 0 Å². The lowest BCUT2D eigenvalue weighted by atomic mass is 10.4. The molecule has 76 valence electrons. The van der Waals surface area contributed by atoms with Crippen molar-refractivity contribution in [1.29, 1.82) is 0 Å². The van der Waals surface area contributed by atoms with E-state index in [-0.39, 0.29) is 6.61 Å². The fraction of sp³-hybridized carbons (Fsp3) is 0.714. The second kappa shape index (κ2) is 6.38. The SMILES string of the molecule is C[C@@H](COC(=O)CO)OC(=O)CO. The van der Waals surface area contributed by atoms with Crippen LogP contribution in [0.4, 0.5) is 0 Å². The zero-order chi connectivity index (χ0) is 10.3. The van der Waals surface area contributed by atoms with Crippen LogP contribution in [-0.4, -0.2) is 48.1 Å². The Morgan fingerprint density at radius 2 is 1.77 bits per heavy atom. The number of hydrogen-bond acceptors (Lipinski definition) is 6. The van der Waals surface area contributed by atoms with Gasteiger partial charge < -0.3 is 19.7 Å². The third-order valence-electron chi connectivity index (χ3n) is 1.07. The van der Waals surface area contributed by atoms with Gasteiger partial charge in [-0.3, -0.25) is 0 Å². The van der Waals surface area contributed by atoms with Crippen molar-refractivity contribution in [3.05, 3.63) is 0 Å². The van der Waals surface area contributed by atoms with Crippen LogP contribution in [-0.2, 0) is 19.1 Å². The van der Waals surface area contributed by atoms with Crippen LogP contribution in [0, 0.1) is 0 Å². The fourth-order valence-corrected chi connectivity index (χ4v) is 0.552. The second-order valence-corrected chi connectivity index (χ2v) is 2.30. The van der Waals surface area contributed by atoms with E-state index in [0.29, 0.717) is 0 Å². The summed E-state index contributed by atoms with van der Waals surface area (Å²) in [4.78, 5) is 20.9. The average molecular weight is 192 g/mol. The molecule has 0 amide bonds. The van der Waals surface area contributed by atoms with Crippen molar-refractivity contribution in [2.75, 3.05) is 19.8 Å². The van der Waals surface area contributed by atoms with Crippen LogP contribution in [0.15, 0.2) is 0 Å². The Morgan fingerprint density at radius 1 is 1.23 bits per heavy atom. The molecule has 6 nitrogen and oxygen atoms in total. The van der Waals surface area contributed by atoms with E-state index in [1.165, 1.54) is 6.92 Å². The molecule has 0 unspecified atom stereocenters. The summed E-state index contributed by atoms with van der Waals surface area (Å²) in [7, 11) is 0. The highest BCUT2D eigenvalue weighted by molar-refractivity contribution is 5.71. The van der Waals surface area contributed by atoms with Gasteiger partial charge in [0.25, 0.3) is 0 Å². The van der Waals surface area contributed by atoms with Crippen molar-refractivity contribution in [2.24, 2.45) is 0 Å². The molecular formula is C7H12O6. The first-order valence-corrected chi connectivity index (χ1v) is 3.67. The van der Waals surface area contributed by atoms with Crippen LogP contribution in [0.1, 0.15) is 6.92 Å². The molecule has 0 rings (SSSR count). The number of aliphatic hydroxyl groups is 2. The second-order valence-electron chi connectivity index (χ2n) is 2.30. The van der Waals surface area contributed by atoms with Crippen LogP contribution < -0.4 is 0 Å². The number of esters is 2. The summed E-state index contributed by atoms with van der Waals surface area (Å²) in [6.07, 6.45) is -0.629. The average Bonchev–Trinajstić information content (AvgIpc) is 2.13. The standard InChI is InChI=1S/C7H12O6/c1-5(13-7(11)3-9)4-12-6(10)2-8/h5,8-9H,2-4H2,1H3/t5-/m0/s1. The van der Waals surface area contributed by atoms with Gasteiger partial charge in [-0.15, -0.1) is 0 Å². The van der Waals surface area contributed by atoms with Crippen molar-refractivity contribution in [2.45, 2.75) is 13.0 Å². The molecule has 0 aliphatic rings. The Kier molecular flexibility index (Phi) is 5.82. The summed E-state index contributed by atoms with van der Waals surface area (Å²) in [5.41, 5.74) is 0. The first kappa shape index (κ1) is 11.9. The Balaban J connectivity index is 3.56. The highest BCUT2D eigenvalue weighted by atomic mass is 16.6. The van der Waals surface area contributed by atoms with Gasteiger partial charge in [0.15, 0.2) is 0 Å². The van der Waals surface area contributed by atoms with Gasteiger partial charge in [0, 0.05) is 0 Å². The lowest BCUT2D eigenvalue weighted by molar-refractivity contribution is -0.161. The van der Waals surface area contributed by atoms with Crippen LogP contribution in [0.25, 0.3) is 0 Å². The molecule has 0 saturated carbocycles. The van der Waals surface area contributed by atoms with E-state index in [9.17, 15) is 9.59 Å². The van der Waals surface area contributed by atoms with Gasteiger partial charge in [-0.2, -0.15) is 0 Å². The molecule has 0 radical (unpaired) electrons.